The number of aromatic nitrogens is 1. The predicted octanol–water partition coefficient (Wildman–Crippen LogP) is 4.45. The van der Waals surface area contributed by atoms with Gasteiger partial charge in [-0.15, -0.1) is 0 Å². The minimum atomic E-state index is -1.32. The van der Waals surface area contributed by atoms with Gasteiger partial charge in [-0.1, -0.05) is 29.5 Å². The van der Waals surface area contributed by atoms with Crippen molar-refractivity contribution in [1.29, 1.82) is 0 Å². The van der Waals surface area contributed by atoms with Crippen molar-refractivity contribution in [2.45, 2.75) is 26.8 Å². The summed E-state index contributed by atoms with van der Waals surface area (Å²) in [7, 11) is 0. The predicted molar refractivity (Wildman–Crippen MR) is 117 cm³/mol. The molecule has 0 saturated heterocycles. The Morgan fingerprint density at radius 2 is 1.97 bits per heavy atom. The number of Topliss-reactive ketones (excluding diaryl/α,β-unsaturated/α-hetero) is 1. The number of benzene rings is 1. The second kappa shape index (κ2) is 8.62. The number of ketones is 1. The molecule has 1 amide bonds. The van der Waals surface area contributed by atoms with Crippen molar-refractivity contribution in [3.8, 4) is 0 Å². The van der Waals surface area contributed by atoms with Crippen LogP contribution in [0.15, 0.2) is 52.1 Å². The lowest BCUT2D eigenvalue weighted by Gasteiger charge is -2.24. The highest BCUT2D eigenvalue weighted by Crippen LogP contribution is 2.44. The zero-order chi connectivity index (χ0) is 23.9. The van der Waals surface area contributed by atoms with E-state index in [1.807, 2.05) is 0 Å². The number of amides is 1. The first kappa shape index (κ1) is 22.4. The van der Waals surface area contributed by atoms with Gasteiger partial charge in [-0.3, -0.25) is 14.5 Å². The van der Waals surface area contributed by atoms with E-state index < -0.39 is 35.3 Å². The lowest BCUT2D eigenvalue weighted by molar-refractivity contribution is -0.117. The first-order valence-corrected chi connectivity index (χ1v) is 10.8. The highest BCUT2D eigenvalue weighted by Gasteiger charge is 2.47. The van der Waals surface area contributed by atoms with E-state index in [0.29, 0.717) is 11.5 Å². The number of aliphatic hydroxyl groups is 1. The molecule has 8 nitrogen and oxygen atoms in total. The van der Waals surface area contributed by atoms with Gasteiger partial charge in [0.05, 0.1) is 17.9 Å². The number of thiazole rings is 1. The van der Waals surface area contributed by atoms with E-state index in [0.717, 1.165) is 16.2 Å². The van der Waals surface area contributed by atoms with E-state index in [4.69, 9.17) is 9.15 Å². The molecule has 1 N–H and O–H groups in total. The average molecular weight is 470 g/mol. The second-order valence-corrected chi connectivity index (χ2v) is 8.21. The fourth-order valence-corrected chi connectivity index (χ4v) is 4.57. The lowest BCUT2D eigenvalue weighted by atomic mass is 9.95. The van der Waals surface area contributed by atoms with Crippen LogP contribution in [0.25, 0.3) is 0 Å². The lowest BCUT2D eigenvalue weighted by Crippen LogP contribution is -2.31. The minimum absolute atomic E-state index is 0.0128. The molecular formula is C23H19FN2O6S. The number of hydrogen-bond acceptors (Lipinski definition) is 8. The Bertz CT molecular complexity index is 1310. The van der Waals surface area contributed by atoms with Gasteiger partial charge in [0.1, 0.15) is 22.5 Å². The van der Waals surface area contributed by atoms with E-state index >= 15 is 0 Å². The van der Waals surface area contributed by atoms with Crippen molar-refractivity contribution in [2.75, 3.05) is 11.5 Å². The minimum Gasteiger partial charge on any atom is -0.503 e. The molecule has 10 heteroatoms. The molecule has 0 radical (unpaired) electrons. The summed E-state index contributed by atoms with van der Waals surface area (Å²) in [5.41, 5.74) is -0.0634. The Balaban J connectivity index is 1.87. The fourth-order valence-electron chi connectivity index (χ4n) is 3.59. The molecule has 0 bridgehead atoms. The molecule has 1 aromatic carbocycles. The van der Waals surface area contributed by atoms with E-state index in [1.54, 1.807) is 32.9 Å². The molecule has 3 heterocycles. The Kier molecular flexibility index (Phi) is 5.86. The number of hydrogen-bond donors (Lipinski definition) is 1. The molecule has 0 aliphatic carbocycles. The van der Waals surface area contributed by atoms with Crippen molar-refractivity contribution in [3.05, 3.63) is 81.2 Å². The smallest absolute Gasteiger partial charge is 0.350 e. The van der Waals surface area contributed by atoms with Crippen molar-refractivity contribution in [3.63, 3.8) is 0 Å². The van der Waals surface area contributed by atoms with Gasteiger partial charge in [-0.2, -0.15) is 0 Å². The maximum absolute atomic E-state index is 14.9. The number of rotatable bonds is 6. The quantitative estimate of drug-likeness (QED) is 0.419. The third-order valence-corrected chi connectivity index (χ3v) is 6.21. The van der Waals surface area contributed by atoms with Crippen molar-refractivity contribution < 1.29 is 33.0 Å². The summed E-state index contributed by atoms with van der Waals surface area (Å²) < 4.78 is 25.3. The number of anilines is 1. The molecule has 3 aromatic rings. The summed E-state index contributed by atoms with van der Waals surface area (Å²) in [6.45, 7) is 5.01. The van der Waals surface area contributed by atoms with Gasteiger partial charge in [0, 0.05) is 5.56 Å². The fraction of sp³-hybridized carbons (Fsp3) is 0.217. The summed E-state index contributed by atoms with van der Waals surface area (Å²) in [5, 5.41) is 10.7. The van der Waals surface area contributed by atoms with Crippen LogP contribution < -0.4 is 4.90 Å². The highest BCUT2D eigenvalue weighted by molar-refractivity contribution is 7.17. The summed E-state index contributed by atoms with van der Waals surface area (Å²) in [4.78, 5) is 44.1. The SMILES string of the molecule is CCOC(=O)c1sc(N2C(=O)C(O)=C(C(=O)c3ccc(C)o3)[C@H]2c2ccccc2F)nc1C. The highest BCUT2D eigenvalue weighted by atomic mass is 32.1. The van der Waals surface area contributed by atoms with Gasteiger partial charge in [0.2, 0.25) is 5.78 Å². The molecular weight excluding hydrogens is 451 g/mol. The van der Waals surface area contributed by atoms with Crippen LogP contribution in [-0.2, 0) is 9.53 Å². The number of nitrogens with zero attached hydrogens (tertiary/aromatic N) is 2. The topological polar surface area (TPSA) is 110 Å². The van der Waals surface area contributed by atoms with Crippen molar-refractivity contribution >= 4 is 34.1 Å². The van der Waals surface area contributed by atoms with Crippen molar-refractivity contribution in [1.82, 2.24) is 4.98 Å². The van der Waals surface area contributed by atoms with Crippen LogP contribution in [0.3, 0.4) is 0 Å². The number of esters is 1. The van der Waals surface area contributed by atoms with Gasteiger partial charge in [0.15, 0.2) is 16.7 Å². The van der Waals surface area contributed by atoms with Gasteiger partial charge >= 0.3 is 5.97 Å². The van der Waals surface area contributed by atoms with Crippen LogP contribution in [0.5, 0.6) is 0 Å². The number of furan rings is 1. The largest absolute Gasteiger partial charge is 0.503 e. The van der Waals surface area contributed by atoms with E-state index in [9.17, 15) is 23.9 Å². The van der Waals surface area contributed by atoms with Gasteiger partial charge in [0.25, 0.3) is 5.91 Å². The van der Waals surface area contributed by atoms with Crippen LogP contribution in [0.1, 0.15) is 50.2 Å². The Morgan fingerprint density at radius 1 is 1.24 bits per heavy atom. The second-order valence-electron chi connectivity index (χ2n) is 7.23. The Morgan fingerprint density at radius 3 is 2.61 bits per heavy atom. The van der Waals surface area contributed by atoms with Crippen LogP contribution in [0.4, 0.5) is 9.52 Å². The van der Waals surface area contributed by atoms with Gasteiger partial charge in [-0.05, 0) is 39.0 Å². The standard InChI is InChI=1S/C23H19FN2O6S/c1-4-31-22(30)20-12(3)25-23(33-20)26-17(13-7-5-6-8-14(13)24)16(19(28)21(26)29)18(27)15-10-9-11(2)32-15/h5-10,17,28H,4H2,1-3H3/t17-/m1/s1. The number of carbonyl (C=O) groups is 3. The number of ether oxygens (including phenoxy) is 1. The van der Waals surface area contributed by atoms with Crippen LogP contribution in [-0.4, -0.2) is 34.4 Å². The monoisotopic (exact) mass is 470 g/mol. The van der Waals surface area contributed by atoms with E-state index in [2.05, 4.69) is 4.98 Å². The van der Waals surface area contributed by atoms with E-state index in [-0.39, 0.29) is 33.5 Å². The molecule has 33 heavy (non-hydrogen) atoms. The molecule has 0 spiro atoms. The molecule has 0 fully saturated rings. The number of halogens is 1. The number of aliphatic hydroxyl groups excluding tert-OH is 1. The van der Waals surface area contributed by atoms with Crippen LogP contribution >= 0.6 is 11.3 Å². The Labute approximate surface area is 191 Å². The van der Waals surface area contributed by atoms with Crippen molar-refractivity contribution in [2.24, 2.45) is 0 Å². The Hall–Kier alpha value is -3.79. The molecule has 2 aromatic heterocycles. The first-order chi connectivity index (χ1) is 15.7. The summed E-state index contributed by atoms with van der Waals surface area (Å²) in [6.07, 6.45) is 0. The van der Waals surface area contributed by atoms with Gasteiger partial charge in [-0.25, -0.2) is 14.2 Å². The summed E-state index contributed by atoms with van der Waals surface area (Å²) in [6, 6.07) is 7.26. The molecule has 1 atom stereocenters. The first-order valence-electron chi connectivity index (χ1n) is 10.0. The third kappa shape index (κ3) is 3.82. The molecule has 0 saturated carbocycles. The maximum atomic E-state index is 14.9. The third-order valence-electron chi connectivity index (χ3n) is 5.07. The molecule has 0 unspecified atom stereocenters. The zero-order valence-corrected chi connectivity index (χ0v) is 18.7. The van der Waals surface area contributed by atoms with Crippen LogP contribution in [0, 0.1) is 19.7 Å². The molecule has 1 aliphatic heterocycles. The molecule has 4 rings (SSSR count). The normalized spacial score (nSPS) is 15.9. The summed E-state index contributed by atoms with van der Waals surface area (Å²) >= 11 is 0.853. The molecule has 1 aliphatic rings. The molecule has 170 valence electrons. The number of carbonyl (C=O) groups excluding carboxylic acids is 3. The zero-order valence-electron chi connectivity index (χ0n) is 17.9. The maximum Gasteiger partial charge on any atom is 0.350 e. The van der Waals surface area contributed by atoms with Crippen LogP contribution in [0.2, 0.25) is 0 Å². The van der Waals surface area contributed by atoms with Gasteiger partial charge < -0.3 is 14.3 Å². The number of aryl methyl sites for hydroxylation is 2. The average Bonchev–Trinajstić information content (AvgIpc) is 3.45. The summed E-state index contributed by atoms with van der Waals surface area (Å²) in [5.74, 6) is -3.50. The van der Waals surface area contributed by atoms with E-state index in [1.165, 1.54) is 24.3 Å².